The molecular weight excluding hydrogens is 314 g/mol. The SMILES string of the molecule is CC(NCC1(CO)CCOCC1)c1cc2c(ccc3ccccc32)o1. The second kappa shape index (κ2) is 6.79. The lowest BCUT2D eigenvalue weighted by molar-refractivity contribution is -0.0165. The molecule has 2 heterocycles. The molecule has 4 nitrogen and oxygen atoms in total. The number of furan rings is 1. The van der Waals surface area contributed by atoms with Crippen molar-refractivity contribution < 1.29 is 14.3 Å². The van der Waals surface area contributed by atoms with Gasteiger partial charge in [-0.25, -0.2) is 0 Å². The zero-order chi connectivity index (χ0) is 17.3. The van der Waals surface area contributed by atoms with Gasteiger partial charge in [0.2, 0.25) is 0 Å². The Morgan fingerprint density at radius 2 is 1.92 bits per heavy atom. The van der Waals surface area contributed by atoms with Crippen LogP contribution in [0.3, 0.4) is 0 Å². The molecule has 1 saturated heterocycles. The van der Waals surface area contributed by atoms with Crippen LogP contribution in [0.5, 0.6) is 0 Å². The van der Waals surface area contributed by atoms with Crippen LogP contribution < -0.4 is 5.32 Å². The summed E-state index contributed by atoms with van der Waals surface area (Å²) in [5.74, 6) is 0.937. The number of hydrogen-bond acceptors (Lipinski definition) is 4. The van der Waals surface area contributed by atoms with Gasteiger partial charge in [-0.3, -0.25) is 0 Å². The third-order valence-corrected chi connectivity index (χ3v) is 5.54. The maximum absolute atomic E-state index is 9.84. The van der Waals surface area contributed by atoms with Crippen molar-refractivity contribution >= 4 is 21.7 Å². The Hall–Kier alpha value is -1.88. The van der Waals surface area contributed by atoms with Gasteiger partial charge in [0, 0.05) is 30.6 Å². The first-order valence-electron chi connectivity index (χ1n) is 9.04. The normalized spacial score (nSPS) is 18.6. The van der Waals surface area contributed by atoms with E-state index in [1.165, 1.54) is 10.8 Å². The minimum absolute atomic E-state index is 0.0782. The molecule has 0 spiro atoms. The van der Waals surface area contributed by atoms with E-state index >= 15 is 0 Å². The third kappa shape index (κ3) is 3.17. The van der Waals surface area contributed by atoms with E-state index < -0.39 is 0 Å². The van der Waals surface area contributed by atoms with Crippen molar-refractivity contribution in [3.8, 4) is 0 Å². The molecule has 3 aromatic rings. The van der Waals surface area contributed by atoms with Crippen molar-refractivity contribution in [3.05, 3.63) is 48.2 Å². The zero-order valence-electron chi connectivity index (χ0n) is 14.6. The molecule has 2 N–H and O–H groups in total. The van der Waals surface area contributed by atoms with Gasteiger partial charge < -0.3 is 19.6 Å². The van der Waals surface area contributed by atoms with E-state index in [-0.39, 0.29) is 18.1 Å². The average Bonchev–Trinajstić information content (AvgIpc) is 3.12. The monoisotopic (exact) mass is 339 g/mol. The minimum atomic E-state index is -0.0782. The number of nitrogens with one attached hydrogen (secondary N) is 1. The summed E-state index contributed by atoms with van der Waals surface area (Å²) in [4.78, 5) is 0. The highest BCUT2D eigenvalue weighted by Crippen LogP contribution is 2.32. The minimum Gasteiger partial charge on any atom is -0.459 e. The largest absolute Gasteiger partial charge is 0.459 e. The molecule has 4 rings (SSSR count). The topological polar surface area (TPSA) is 54.6 Å². The molecule has 0 saturated carbocycles. The summed E-state index contributed by atoms with van der Waals surface area (Å²) in [7, 11) is 0. The van der Waals surface area contributed by atoms with Gasteiger partial charge in [0.1, 0.15) is 11.3 Å². The Kier molecular flexibility index (Phi) is 4.50. The van der Waals surface area contributed by atoms with Crippen molar-refractivity contribution in [1.82, 2.24) is 5.32 Å². The quantitative estimate of drug-likeness (QED) is 0.737. The highest BCUT2D eigenvalue weighted by atomic mass is 16.5. The fourth-order valence-electron chi connectivity index (χ4n) is 3.69. The van der Waals surface area contributed by atoms with Gasteiger partial charge in [-0.05, 0) is 42.7 Å². The van der Waals surface area contributed by atoms with E-state index in [0.29, 0.717) is 0 Å². The van der Waals surface area contributed by atoms with Crippen LogP contribution in [0.2, 0.25) is 0 Å². The predicted molar refractivity (Wildman–Crippen MR) is 99.7 cm³/mol. The van der Waals surface area contributed by atoms with Crippen LogP contribution >= 0.6 is 0 Å². The molecule has 25 heavy (non-hydrogen) atoms. The van der Waals surface area contributed by atoms with Crippen molar-refractivity contribution in [1.29, 1.82) is 0 Å². The Labute approximate surface area is 147 Å². The van der Waals surface area contributed by atoms with Gasteiger partial charge in [-0.2, -0.15) is 0 Å². The summed E-state index contributed by atoms with van der Waals surface area (Å²) in [6, 6.07) is 14.8. The predicted octanol–water partition coefficient (Wildman–Crippen LogP) is 4.03. The summed E-state index contributed by atoms with van der Waals surface area (Å²) in [6.07, 6.45) is 1.79. The molecular formula is C21H25NO3. The molecule has 0 radical (unpaired) electrons. The fourth-order valence-corrected chi connectivity index (χ4v) is 3.69. The van der Waals surface area contributed by atoms with E-state index in [4.69, 9.17) is 9.15 Å². The molecule has 1 fully saturated rings. The molecule has 0 bridgehead atoms. The third-order valence-electron chi connectivity index (χ3n) is 5.54. The lowest BCUT2D eigenvalue weighted by atomic mass is 9.81. The summed E-state index contributed by atoms with van der Waals surface area (Å²) in [5.41, 5.74) is 0.843. The van der Waals surface area contributed by atoms with Crippen molar-refractivity contribution in [2.24, 2.45) is 5.41 Å². The lowest BCUT2D eigenvalue weighted by Gasteiger charge is -2.36. The molecule has 2 aromatic carbocycles. The average molecular weight is 339 g/mol. The van der Waals surface area contributed by atoms with Gasteiger partial charge in [-0.15, -0.1) is 0 Å². The molecule has 1 atom stereocenters. The zero-order valence-corrected chi connectivity index (χ0v) is 14.6. The van der Waals surface area contributed by atoms with Crippen LogP contribution in [-0.2, 0) is 4.74 Å². The van der Waals surface area contributed by atoms with Crippen molar-refractivity contribution in [2.75, 3.05) is 26.4 Å². The van der Waals surface area contributed by atoms with E-state index in [1.807, 2.05) is 6.07 Å². The molecule has 0 amide bonds. The molecule has 4 heteroatoms. The summed E-state index contributed by atoms with van der Waals surface area (Å²) in [6.45, 7) is 4.54. The van der Waals surface area contributed by atoms with Crippen LogP contribution in [0.15, 0.2) is 46.9 Å². The smallest absolute Gasteiger partial charge is 0.135 e. The van der Waals surface area contributed by atoms with E-state index in [1.54, 1.807) is 0 Å². The maximum Gasteiger partial charge on any atom is 0.135 e. The van der Waals surface area contributed by atoms with Crippen LogP contribution in [0.1, 0.15) is 31.6 Å². The van der Waals surface area contributed by atoms with Crippen molar-refractivity contribution in [3.63, 3.8) is 0 Å². The number of hydrogen-bond donors (Lipinski definition) is 2. The summed E-state index contributed by atoms with van der Waals surface area (Å²) < 4.78 is 11.5. The number of fused-ring (bicyclic) bond motifs is 3. The number of ether oxygens (including phenoxy) is 1. The Bertz CT molecular complexity index is 864. The molecule has 0 aliphatic carbocycles. The summed E-state index contributed by atoms with van der Waals surface area (Å²) in [5, 5.41) is 17.0. The van der Waals surface area contributed by atoms with Gasteiger partial charge in [0.25, 0.3) is 0 Å². The molecule has 1 aromatic heterocycles. The second-order valence-corrected chi connectivity index (χ2v) is 7.22. The maximum atomic E-state index is 9.84. The van der Waals surface area contributed by atoms with Crippen LogP contribution in [0.25, 0.3) is 21.7 Å². The van der Waals surface area contributed by atoms with Gasteiger partial charge in [0.15, 0.2) is 0 Å². The van der Waals surface area contributed by atoms with Crippen LogP contribution in [0.4, 0.5) is 0 Å². The Morgan fingerprint density at radius 3 is 2.72 bits per heavy atom. The van der Waals surface area contributed by atoms with Gasteiger partial charge >= 0.3 is 0 Å². The highest BCUT2D eigenvalue weighted by Gasteiger charge is 2.32. The molecule has 1 aliphatic heterocycles. The molecule has 1 unspecified atom stereocenters. The van der Waals surface area contributed by atoms with E-state index in [0.717, 1.165) is 49.3 Å². The fraction of sp³-hybridized carbons (Fsp3) is 0.429. The van der Waals surface area contributed by atoms with Crippen LogP contribution in [0, 0.1) is 5.41 Å². The van der Waals surface area contributed by atoms with Crippen molar-refractivity contribution in [2.45, 2.75) is 25.8 Å². The van der Waals surface area contributed by atoms with Gasteiger partial charge in [-0.1, -0.05) is 30.3 Å². The second-order valence-electron chi connectivity index (χ2n) is 7.22. The summed E-state index contributed by atoms with van der Waals surface area (Å²) >= 11 is 0. The lowest BCUT2D eigenvalue weighted by Crippen LogP contribution is -2.42. The first-order valence-corrected chi connectivity index (χ1v) is 9.04. The highest BCUT2D eigenvalue weighted by molar-refractivity contribution is 6.05. The molecule has 132 valence electrons. The number of aliphatic hydroxyl groups excluding tert-OH is 1. The number of rotatable bonds is 5. The van der Waals surface area contributed by atoms with E-state index in [9.17, 15) is 5.11 Å². The van der Waals surface area contributed by atoms with Gasteiger partial charge in [0.05, 0.1) is 12.6 Å². The molecule has 1 aliphatic rings. The van der Waals surface area contributed by atoms with Crippen LogP contribution in [-0.4, -0.2) is 31.5 Å². The Balaban J connectivity index is 1.55. The first kappa shape index (κ1) is 16.6. The number of aliphatic hydroxyl groups is 1. The number of benzene rings is 2. The van der Waals surface area contributed by atoms with E-state index in [2.05, 4.69) is 48.6 Å². The Morgan fingerprint density at radius 1 is 1.12 bits per heavy atom. The first-order chi connectivity index (χ1) is 12.2. The standard InChI is InChI=1S/C21H25NO3/c1-15(22-13-21(14-23)8-10-24-11-9-21)20-12-18-17-5-3-2-4-16(17)6-7-19(18)25-20/h2-7,12,15,22-23H,8-11,13-14H2,1H3.